The average molecular weight is 187 g/mol. The van der Waals surface area contributed by atoms with Gasteiger partial charge in [0.15, 0.2) is 0 Å². The van der Waals surface area contributed by atoms with Gasteiger partial charge < -0.3 is 4.74 Å². The van der Waals surface area contributed by atoms with Crippen molar-refractivity contribution in [2.24, 2.45) is 10.9 Å². The van der Waals surface area contributed by atoms with E-state index >= 15 is 0 Å². The van der Waals surface area contributed by atoms with Crippen LogP contribution in [0, 0.1) is 5.92 Å². The zero-order chi connectivity index (χ0) is 9.56. The van der Waals surface area contributed by atoms with E-state index in [1.807, 2.05) is 0 Å². The molecule has 0 aromatic rings. The third-order valence-electron chi connectivity index (χ3n) is 1.64. The van der Waals surface area contributed by atoms with Crippen molar-refractivity contribution < 1.29 is 9.53 Å². The molecule has 68 valence electrons. The van der Waals surface area contributed by atoms with E-state index in [4.69, 9.17) is 4.74 Å². The number of carbonyl (C=O) groups is 1. The maximum absolute atomic E-state index is 11.1. The third-order valence-corrected chi connectivity index (χ3v) is 1.74. The van der Waals surface area contributed by atoms with Gasteiger partial charge in [-0.25, -0.2) is 4.99 Å². The molecule has 4 heteroatoms. The lowest BCUT2D eigenvalue weighted by molar-refractivity contribution is -0.147. The minimum Gasteiger partial charge on any atom is -0.466 e. The number of ether oxygens (including phenoxy) is 1. The second-order valence-corrected chi connectivity index (χ2v) is 2.68. The summed E-state index contributed by atoms with van der Waals surface area (Å²) in [6.07, 6.45) is 0. The van der Waals surface area contributed by atoms with Crippen molar-refractivity contribution in [3.8, 4) is 0 Å². The number of hydrogen-bond acceptors (Lipinski definition) is 4. The van der Waals surface area contributed by atoms with Gasteiger partial charge >= 0.3 is 5.97 Å². The number of esters is 1. The third kappa shape index (κ3) is 3.60. The summed E-state index contributed by atoms with van der Waals surface area (Å²) in [5.74, 6) is -0.487. The highest BCUT2D eigenvalue weighted by Crippen LogP contribution is 2.07. The van der Waals surface area contributed by atoms with Crippen molar-refractivity contribution in [1.29, 1.82) is 0 Å². The van der Waals surface area contributed by atoms with Gasteiger partial charge in [0, 0.05) is 0 Å². The normalized spacial score (nSPS) is 14.2. The lowest BCUT2D eigenvalue weighted by Gasteiger charge is -2.12. The van der Waals surface area contributed by atoms with Gasteiger partial charge in [-0.15, -0.1) is 0 Å². The molecule has 0 rings (SSSR count). The topological polar surface area (TPSA) is 38.7 Å². The quantitative estimate of drug-likeness (QED) is 0.382. The lowest BCUT2D eigenvalue weighted by Crippen LogP contribution is -2.23. The fourth-order valence-corrected chi connectivity index (χ4v) is 0.832. The van der Waals surface area contributed by atoms with E-state index in [-0.39, 0.29) is 17.9 Å². The number of carbonyl (C=O) groups excluding carboxylic acids is 1. The fraction of sp³-hybridized carbons (Fsp3) is 0.750. The van der Waals surface area contributed by atoms with Crippen LogP contribution in [-0.4, -0.2) is 23.8 Å². The number of rotatable bonds is 4. The van der Waals surface area contributed by atoms with Gasteiger partial charge in [0.25, 0.3) is 0 Å². The predicted molar refractivity (Wildman–Crippen MR) is 50.3 cm³/mol. The molecule has 2 atom stereocenters. The Hall–Kier alpha value is -0.730. The molecule has 0 saturated heterocycles. The molecule has 0 saturated carbocycles. The molecule has 0 N–H and O–H groups in total. The van der Waals surface area contributed by atoms with Gasteiger partial charge in [0.05, 0.1) is 23.7 Å². The van der Waals surface area contributed by atoms with Gasteiger partial charge in [-0.05, 0) is 33.0 Å². The van der Waals surface area contributed by atoms with Crippen molar-refractivity contribution in [3.05, 3.63) is 0 Å². The Morgan fingerprint density at radius 1 is 1.67 bits per heavy atom. The van der Waals surface area contributed by atoms with Gasteiger partial charge in [0.2, 0.25) is 0 Å². The molecule has 12 heavy (non-hydrogen) atoms. The maximum atomic E-state index is 11.1. The maximum Gasteiger partial charge on any atom is 0.310 e. The summed E-state index contributed by atoms with van der Waals surface area (Å²) < 4.78 is 4.81. The fourth-order valence-electron chi connectivity index (χ4n) is 0.666. The van der Waals surface area contributed by atoms with E-state index in [0.717, 1.165) is 0 Å². The number of hydrogen-bond donors (Lipinski definition) is 0. The van der Waals surface area contributed by atoms with E-state index in [2.05, 4.69) is 22.4 Å². The van der Waals surface area contributed by atoms with Crippen molar-refractivity contribution in [2.45, 2.75) is 26.8 Å². The van der Waals surface area contributed by atoms with E-state index in [1.165, 1.54) is 0 Å². The Morgan fingerprint density at radius 2 is 2.25 bits per heavy atom. The smallest absolute Gasteiger partial charge is 0.310 e. The van der Waals surface area contributed by atoms with Crippen molar-refractivity contribution in [1.82, 2.24) is 0 Å². The van der Waals surface area contributed by atoms with Gasteiger partial charge in [0.1, 0.15) is 0 Å². The molecule has 0 aromatic heterocycles. The highest BCUT2D eigenvalue weighted by atomic mass is 32.1. The highest BCUT2D eigenvalue weighted by molar-refractivity contribution is 7.78. The molecular formula is C8H13NO2S. The molecule has 3 nitrogen and oxygen atoms in total. The predicted octanol–water partition coefficient (Wildman–Crippen LogP) is 1.68. The second-order valence-electron chi connectivity index (χ2n) is 2.50. The minimum absolute atomic E-state index is 0.151. The molecule has 0 fully saturated rings. The van der Waals surface area contributed by atoms with Crippen molar-refractivity contribution in [3.63, 3.8) is 0 Å². The first-order valence-electron chi connectivity index (χ1n) is 3.87. The Kier molecular flexibility index (Phi) is 5.51. The number of aliphatic imine (C=N–C) groups is 1. The van der Waals surface area contributed by atoms with E-state index in [1.54, 1.807) is 20.8 Å². The summed E-state index contributed by atoms with van der Waals surface area (Å²) in [4.78, 5) is 14.9. The molecule has 2 unspecified atom stereocenters. The van der Waals surface area contributed by atoms with Crippen molar-refractivity contribution >= 4 is 23.3 Å². The van der Waals surface area contributed by atoms with E-state index < -0.39 is 0 Å². The highest BCUT2D eigenvalue weighted by Gasteiger charge is 2.20. The Morgan fingerprint density at radius 3 is 2.67 bits per heavy atom. The Bertz CT molecular complexity index is 199. The van der Waals surface area contributed by atoms with Crippen LogP contribution in [0.25, 0.3) is 0 Å². The van der Waals surface area contributed by atoms with Crippen LogP contribution in [0.3, 0.4) is 0 Å². The van der Waals surface area contributed by atoms with Gasteiger partial charge in [-0.2, -0.15) is 0 Å². The first kappa shape index (κ1) is 11.3. The monoisotopic (exact) mass is 187 g/mol. The lowest BCUT2D eigenvalue weighted by atomic mass is 10.1. The molecule has 0 bridgehead atoms. The first-order chi connectivity index (χ1) is 5.63. The summed E-state index contributed by atoms with van der Waals surface area (Å²) in [6, 6.07) is -0.151. The summed E-state index contributed by atoms with van der Waals surface area (Å²) >= 11 is 4.43. The van der Waals surface area contributed by atoms with E-state index in [9.17, 15) is 4.79 Å². The summed E-state index contributed by atoms with van der Waals surface area (Å²) in [5, 5.41) is 2.25. The minimum atomic E-state index is -0.250. The zero-order valence-corrected chi connectivity index (χ0v) is 8.35. The van der Waals surface area contributed by atoms with Crippen LogP contribution in [0.1, 0.15) is 20.8 Å². The average Bonchev–Trinajstić information content (AvgIpc) is 2.04. The van der Waals surface area contributed by atoms with Crippen LogP contribution in [0.5, 0.6) is 0 Å². The van der Waals surface area contributed by atoms with Crippen LogP contribution in [0.4, 0.5) is 0 Å². The largest absolute Gasteiger partial charge is 0.466 e. The van der Waals surface area contributed by atoms with Crippen LogP contribution in [0.15, 0.2) is 4.99 Å². The number of nitrogens with zero attached hydrogens (tertiary/aromatic N) is 1. The Labute approximate surface area is 77.8 Å². The molecule has 0 amide bonds. The molecule has 0 radical (unpaired) electrons. The van der Waals surface area contributed by atoms with Crippen LogP contribution in [-0.2, 0) is 9.53 Å². The van der Waals surface area contributed by atoms with Crippen LogP contribution >= 0.6 is 12.2 Å². The Balaban J connectivity index is 4.08. The molecule has 0 aliphatic carbocycles. The second kappa shape index (κ2) is 5.86. The molecule has 0 heterocycles. The standard InChI is InChI=1S/C8H13NO2S/c1-4-11-8(10)6(2)7(3)9-5-12/h6-7H,4H2,1-3H3. The van der Waals surface area contributed by atoms with Gasteiger partial charge in [-0.1, -0.05) is 0 Å². The SMILES string of the molecule is CCOC(=O)C(C)C(C)N=C=S. The molecule has 0 aliphatic rings. The summed E-state index contributed by atoms with van der Waals surface area (Å²) in [7, 11) is 0. The number of thiocarbonyl (C=S) groups is 1. The number of isothiocyanates is 1. The molecule has 0 aliphatic heterocycles. The van der Waals surface area contributed by atoms with Gasteiger partial charge in [-0.3, -0.25) is 4.79 Å². The first-order valence-corrected chi connectivity index (χ1v) is 4.27. The van der Waals surface area contributed by atoms with Crippen LogP contribution in [0.2, 0.25) is 0 Å². The zero-order valence-electron chi connectivity index (χ0n) is 7.53. The van der Waals surface area contributed by atoms with E-state index in [0.29, 0.717) is 6.61 Å². The molecule has 0 spiro atoms. The van der Waals surface area contributed by atoms with Crippen LogP contribution < -0.4 is 0 Å². The molecular weight excluding hydrogens is 174 g/mol. The summed E-state index contributed by atoms with van der Waals surface area (Å²) in [5.41, 5.74) is 0. The molecule has 0 aromatic carbocycles. The summed E-state index contributed by atoms with van der Waals surface area (Å²) in [6.45, 7) is 5.74. The van der Waals surface area contributed by atoms with Crippen molar-refractivity contribution in [2.75, 3.05) is 6.61 Å².